The Morgan fingerprint density at radius 1 is 1.14 bits per heavy atom. The normalized spacial score (nSPS) is 15.4. The molecule has 1 atom stereocenters. The SMILES string of the molecule is CCC(Oc1ccc(Cl)c(C)c1)C(=O)NCc1ccc(CN2CCCC2)cc1. The van der Waals surface area contributed by atoms with Crippen LogP contribution in [-0.2, 0) is 17.9 Å². The summed E-state index contributed by atoms with van der Waals surface area (Å²) in [6.07, 6.45) is 2.69. The summed E-state index contributed by atoms with van der Waals surface area (Å²) in [5.74, 6) is 0.561. The van der Waals surface area contributed by atoms with E-state index in [1.165, 1.54) is 31.5 Å². The van der Waals surface area contributed by atoms with E-state index < -0.39 is 6.10 Å². The number of amides is 1. The van der Waals surface area contributed by atoms with Crippen molar-refractivity contribution in [2.45, 2.75) is 52.3 Å². The van der Waals surface area contributed by atoms with Gasteiger partial charge in [-0.2, -0.15) is 0 Å². The van der Waals surface area contributed by atoms with Crippen molar-refractivity contribution in [2.24, 2.45) is 0 Å². The average molecular weight is 401 g/mol. The minimum absolute atomic E-state index is 0.101. The first kappa shape index (κ1) is 20.7. The van der Waals surface area contributed by atoms with E-state index in [2.05, 4.69) is 34.5 Å². The second kappa shape index (κ2) is 9.94. The quantitative estimate of drug-likeness (QED) is 0.697. The highest BCUT2D eigenvalue weighted by Crippen LogP contribution is 2.22. The third-order valence-electron chi connectivity index (χ3n) is 5.17. The molecule has 0 aliphatic carbocycles. The number of nitrogens with one attached hydrogen (secondary N) is 1. The molecule has 1 fully saturated rings. The van der Waals surface area contributed by atoms with Crippen molar-refractivity contribution in [3.63, 3.8) is 0 Å². The lowest BCUT2D eigenvalue weighted by molar-refractivity contribution is -0.128. The number of carbonyl (C=O) groups is 1. The zero-order chi connectivity index (χ0) is 19.9. The maximum Gasteiger partial charge on any atom is 0.261 e. The van der Waals surface area contributed by atoms with Crippen LogP contribution >= 0.6 is 11.6 Å². The molecule has 0 spiro atoms. The molecule has 0 saturated carbocycles. The van der Waals surface area contributed by atoms with Gasteiger partial charge in [0.15, 0.2) is 6.10 Å². The first-order valence-electron chi connectivity index (χ1n) is 10.1. The lowest BCUT2D eigenvalue weighted by Crippen LogP contribution is -2.37. The monoisotopic (exact) mass is 400 g/mol. The van der Waals surface area contributed by atoms with Gasteiger partial charge in [-0.15, -0.1) is 0 Å². The molecule has 150 valence electrons. The van der Waals surface area contributed by atoms with E-state index in [9.17, 15) is 4.79 Å². The van der Waals surface area contributed by atoms with Gasteiger partial charge in [0, 0.05) is 18.1 Å². The predicted octanol–water partition coefficient (Wildman–Crippen LogP) is 4.72. The van der Waals surface area contributed by atoms with Gasteiger partial charge < -0.3 is 10.1 Å². The van der Waals surface area contributed by atoms with Gasteiger partial charge in [0.1, 0.15) is 5.75 Å². The molecule has 1 unspecified atom stereocenters. The van der Waals surface area contributed by atoms with Gasteiger partial charge in [-0.05, 0) is 74.2 Å². The number of halogens is 1. The van der Waals surface area contributed by atoms with Gasteiger partial charge in [0.2, 0.25) is 0 Å². The van der Waals surface area contributed by atoms with Crippen LogP contribution in [0.3, 0.4) is 0 Å². The van der Waals surface area contributed by atoms with E-state index >= 15 is 0 Å². The Balaban J connectivity index is 1.50. The Bertz CT molecular complexity index is 786. The van der Waals surface area contributed by atoms with Crippen molar-refractivity contribution in [1.29, 1.82) is 0 Å². The van der Waals surface area contributed by atoms with E-state index in [1.54, 1.807) is 12.1 Å². The van der Waals surface area contributed by atoms with Crippen molar-refractivity contribution < 1.29 is 9.53 Å². The molecule has 1 heterocycles. The maximum absolute atomic E-state index is 12.5. The van der Waals surface area contributed by atoms with E-state index in [-0.39, 0.29) is 5.91 Å². The van der Waals surface area contributed by atoms with E-state index in [1.807, 2.05) is 19.9 Å². The van der Waals surface area contributed by atoms with Crippen molar-refractivity contribution in [3.05, 3.63) is 64.2 Å². The number of hydrogen-bond acceptors (Lipinski definition) is 3. The molecular formula is C23H29ClN2O2. The summed E-state index contributed by atoms with van der Waals surface area (Å²) >= 11 is 6.05. The van der Waals surface area contributed by atoms with Gasteiger partial charge in [-0.3, -0.25) is 9.69 Å². The standard InChI is InChI=1S/C23H29ClN2O2/c1-3-22(28-20-10-11-21(24)17(2)14-20)23(27)25-15-18-6-8-19(9-7-18)16-26-12-4-5-13-26/h6-11,14,22H,3-5,12-13,15-16H2,1-2H3,(H,25,27). The van der Waals surface area contributed by atoms with Crippen LogP contribution in [0, 0.1) is 6.92 Å². The molecule has 1 N–H and O–H groups in total. The Kier molecular flexibility index (Phi) is 7.35. The number of aryl methyl sites for hydroxylation is 1. The summed E-state index contributed by atoms with van der Waals surface area (Å²) in [5, 5.41) is 3.68. The maximum atomic E-state index is 12.5. The van der Waals surface area contributed by atoms with Crippen LogP contribution in [0.25, 0.3) is 0 Å². The van der Waals surface area contributed by atoms with E-state index in [0.717, 1.165) is 17.7 Å². The molecule has 1 saturated heterocycles. The molecule has 2 aromatic carbocycles. The van der Waals surface area contributed by atoms with E-state index in [0.29, 0.717) is 23.7 Å². The summed E-state index contributed by atoms with van der Waals surface area (Å²) in [7, 11) is 0. The van der Waals surface area contributed by atoms with Crippen LogP contribution in [0.4, 0.5) is 0 Å². The molecular weight excluding hydrogens is 372 g/mol. The molecule has 1 amide bonds. The van der Waals surface area contributed by atoms with Crippen LogP contribution in [0.2, 0.25) is 5.02 Å². The number of carbonyl (C=O) groups excluding carboxylic acids is 1. The van der Waals surface area contributed by atoms with Gasteiger partial charge in [0.05, 0.1) is 0 Å². The zero-order valence-corrected chi connectivity index (χ0v) is 17.5. The minimum atomic E-state index is -0.519. The first-order chi connectivity index (χ1) is 13.5. The summed E-state index contributed by atoms with van der Waals surface area (Å²) in [6, 6.07) is 13.9. The van der Waals surface area contributed by atoms with Gasteiger partial charge in [-0.25, -0.2) is 0 Å². The van der Waals surface area contributed by atoms with Gasteiger partial charge in [-0.1, -0.05) is 42.8 Å². The second-order valence-electron chi connectivity index (χ2n) is 7.44. The third-order valence-corrected chi connectivity index (χ3v) is 5.59. The minimum Gasteiger partial charge on any atom is -0.481 e. The molecule has 1 aliphatic rings. The fourth-order valence-corrected chi connectivity index (χ4v) is 3.56. The number of ether oxygens (including phenoxy) is 1. The highest BCUT2D eigenvalue weighted by molar-refractivity contribution is 6.31. The summed E-state index contributed by atoms with van der Waals surface area (Å²) in [5.41, 5.74) is 3.35. The fourth-order valence-electron chi connectivity index (χ4n) is 3.44. The molecule has 0 aromatic heterocycles. The average Bonchev–Trinajstić information content (AvgIpc) is 3.21. The molecule has 4 nitrogen and oxygen atoms in total. The number of hydrogen-bond donors (Lipinski definition) is 1. The lowest BCUT2D eigenvalue weighted by Gasteiger charge is -2.18. The van der Waals surface area contributed by atoms with Crippen molar-refractivity contribution in [3.8, 4) is 5.75 Å². The van der Waals surface area contributed by atoms with Crippen molar-refractivity contribution >= 4 is 17.5 Å². The van der Waals surface area contributed by atoms with Crippen molar-refractivity contribution in [2.75, 3.05) is 13.1 Å². The molecule has 0 radical (unpaired) electrons. The molecule has 0 bridgehead atoms. The highest BCUT2D eigenvalue weighted by atomic mass is 35.5. The second-order valence-corrected chi connectivity index (χ2v) is 7.85. The lowest BCUT2D eigenvalue weighted by atomic mass is 10.1. The Morgan fingerprint density at radius 2 is 1.82 bits per heavy atom. The number of rotatable bonds is 8. The fraction of sp³-hybridized carbons (Fsp3) is 0.435. The Morgan fingerprint density at radius 3 is 2.46 bits per heavy atom. The highest BCUT2D eigenvalue weighted by Gasteiger charge is 2.18. The van der Waals surface area contributed by atoms with Gasteiger partial charge in [0.25, 0.3) is 5.91 Å². The number of nitrogens with zero attached hydrogens (tertiary/aromatic N) is 1. The summed E-state index contributed by atoms with van der Waals surface area (Å²) < 4.78 is 5.87. The molecule has 5 heteroatoms. The first-order valence-corrected chi connectivity index (χ1v) is 10.4. The zero-order valence-electron chi connectivity index (χ0n) is 16.7. The van der Waals surface area contributed by atoms with Gasteiger partial charge >= 0.3 is 0 Å². The van der Waals surface area contributed by atoms with Crippen LogP contribution in [0.1, 0.15) is 42.9 Å². The summed E-state index contributed by atoms with van der Waals surface area (Å²) in [6.45, 7) is 7.78. The van der Waals surface area contributed by atoms with E-state index in [4.69, 9.17) is 16.3 Å². The van der Waals surface area contributed by atoms with Crippen LogP contribution in [-0.4, -0.2) is 30.0 Å². The number of likely N-dealkylation sites (tertiary alicyclic amines) is 1. The molecule has 2 aromatic rings. The topological polar surface area (TPSA) is 41.6 Å². The van der Waals surface area contributed by atoms with Crippen LogP contribution in [0.5, 0.6) is 5.75 Å². The van der Waals surface area contributed by atoms with Crippen LogP contribution in [0.15, 0.2) is 42.5 Å². The largest absolute Gasteiger partial charge is 0.481 e. The summed E-state index contributed by atoms with van der Waals surface area (Å²) in [4.78, 5) is 15.0. The smallest absolute Gasteiger partial charge is 0.261 e. The molecule has 28 heavy (non-hydrogen) atoms. The molecule has 1 aliphatic heterocycles. The Labute approximate surface area is 172 Å². The molecule has 3 rings (SSSR count). The third kappa shape index (κ3) is 5.73. The van der Waals surface area contributed by atoms with Crippen LogP contribution < -0.4 is 10.1 Å². The Hall–Kier alpha value is -2.04. The number of benzene rings is 2. The predicted molar refractivity (Wildman–Crippen MR) is 114 cm³/mol. The van der Waals surface area contributed by atoms with Crippen molar-refractivity contribution in [1.82, 2.24) is 10.2 Å².